The van der Waals surface area contributed by atoms with Crippen LogP contribution in [0.15, 0.2) is 79.0 Å². The molecule has 144 valence electrons. The van der Waals surface area contributed by atoms with Gasteiger partial charge in [0.1, 0.15) is 0 Å². The third-order valence-corrected chi connectivity index (χ3v) is 6.02. The van der Waals surface area contributed by atoms with E-state index < -0.39 is 0 Å². The van der Waals surface area contributed by atoms with Gasteiger partial charge in [-0.1, -0.05) is 62.4 Å². The zero-order valence-electron chi connectivity index (χ0n) is 17.0. The Morgan fingerprint density at radius 1 is 0.828 bits per heavy atom. The zero-order chi connectivity index (χ0) is 20.1. The Balaban J connectivity index is 1.72. The summed E-state index contributed by atoms with van der Waals surface area (Å²) in [6.45, 7) is 4.37. The molecule has 3 heteroatoms. The Bertz CT molecular complexity index is 1220. The minimum atomic E-state index is -0.130. The van der Waals surface area contributed by atoms with E-state index in [2.05, 4.69) is 86.3 Å². The number of hydrogen-bond donors (Lipinski definition) is 0. The van der Waals surface area contributed by atoms with E-state index in [1.807, 2.05) is 23.1 Å². The Morgan fingerprint density at radius 3 is 2.28 bits per heavy atom. The summed E-state index contributed by atoms with van der Waals surface area (Å²) in [6.07, 6.45) is 2.17. The molecule has 0 spiro atoms. The lowest BCUT2D eigenvalue weighted by molar-refractivity contribution is 0.0993. The molecule has 0 N–H and O–H groups in total. The van der Waals surface area contributed by atoms with Crippen LogP contribution in [0.25, 0.3) is 10.9 Å². The van der Waals surface area contributed by atoms with Gasteiger partial charge in [-0.05, 0) is 41.3 Å². The Kier molecular flexibility index (Phi) is 4.06. The van der Waals surface area contributed by atoms with Crippen molar-refractivity contribution >= 4 is 22.5 Å². The molecule has 1 amide bonds. The summed E-state index contributed by atoms with van der Waals surface area (Å²) in [5.41, 5.74) is 6.41. The van der Waals surface area contributed by atoms with E-state index in [-0.39, 0.29) is 11.9 Å². The Morgan fingerprint density at radius 2 is 1.52 bits per heavy atom. The summed E-state index contributed by atoms with van der Waals surface area (Å²) in [4.78, 5) is 15.4. The van der Waals surface area contributed by atoms with E-state index in [4.69, 9.17) is 0 Å². The molecule has 1 aliphatic heterocycles. The summed E-state index contributed by atoms with van der Waals surface area (Å²) >= 11 is 0. The van der Waals surface area contributed by atoms with Crippen LogP contribution in [0.1, 0.15) is 52.9 Å². The molecule has 3 aromatic carbocycles. The fourth-order valence-corrected chi connectivity index (χ4v) is 4.50. The highest BCUT2D eigenvalue weighted by atomic mass is 16.2. The van der Waals surface area contributed by atoms with Crippen LogP contribution in [0, 0.1) is 0 Å². The summed E-state index contributed by atoms with van der Waals surface area (Å²) in [7, 11) is 2.07. The number of anilines is 1. The second-order valence-electron chi connectivity index (χ2n) is 8.12. The third-order valence-electron chi connectivity index (χ3n) is 6.02. The Labute approximate surface area is 171 Å². The maximum absolute atomic E-state index is 13.5. The molecule has 0 saturated heterocycles. The van der Waals surface area contributed by atoms with Crippen LogP contribution in [0.4, 0.5) is 5.69 Å². The maximum atomic E-state index is 13.5. The SMILES string of the molecule is CC(C)c1ccc(N2C(=O)c3ccccc3C2c2cn(C)c3ccccc23)cc1. The van der Waals surface area contributed by atoms with Gasteiger partial charge in [-0.2, -0.15) is 0 Å². The molecule has 1 aromatic heterocycles. The van der Waals surface area contributed by atoms with Crippen molar-refractivity contribution in [2.75, 3.05) is 4.90 Å². The van der Waals surface area contributed by atoms with Gasteiger partial charge in [0, 0.05) is 41.0 Å². The van der Waals surface area contributed by atoms with Crippen LogP contribution in [-0.4, -0.2) is 10.5 Å². The molecule has 0 saturated carbocycles. The van der Waals surface area contributed by atoms with Crippen molar-refractivity contribution in [1.29, 1.82) is 0 Å². The number of hydrogen-bond acceptors (Lipinski definition) is 1. The lowest BCUT2D eigenvalue weighted by Crippen LogP contribution is -2.28. The van der Waals surface area contributed by atoms with E-state index in [9.17, 15) is 4.79 Å². The predicted molar refractivity (Wildman–Crippen MR) is 119 cm³/mol. The normalized spacial score (nSPS) is 16.1. The van der Waals surface area contributed by atoms with Gasteiger partial charge in [-0.3, -0.25) is 9.69 Å². The quantitative estimate of drug-likeness (QED) is 0.425. The van der Waals surface area contributed by atoms with Crippen molar-refractivity contribution in [3.8, 4) is 0 Å². The van der Waals surface area contributed by atoms with Crippen molar-refractivity contribution in [2.45, 2.75) is 25.8 Å². The lowest BCUT2D eigenvalue weighted by atomic mass is 9.97. The second-order valence-corrected chi connectivity index (χ2v) is 8.12. The molecule has 0 aliphatic carbocycles. The molecule has 1 atom stereocenters. The number of amides is 1. The first-order valence-corrected chi connectivity index (χ1v) is 10.1. The van der Waals surface area contributed by atoms with E-state index in [1.165, 1.54) is 16.5 Å². The summed E-state index contributed by atoms with van der Waals surface area (Å²) < 4.78 is 2.15. The number of rotatable bonds is 3. The highest BCUT2D eigenvalue weighted by molar-refractivity contribution is 6.12. The first-order chi connectivity index (χ1) is 14.1. The van der Waals surface area contributed by atoms with Gasteiger partial charge in [0.05, 0.1) is 6.04 Å². The Hall–Kier alpha value is -3.33. The molecule has 3 nitrogen and oxygen atoms in total. The first kappa shape index (κ1) is 17.7. The number of carbonyl (C=O) groups is 1. The van der Waals surface area contributed by atoms with E-state index in [1.54, 1.807) is 0 Å². The highest BCUT2D eigenvalue weighted by Crippen LogP contribution is 2.44. The molecule has 5 rings (SSSR count). The topological polar surface area (TPSA) is 25.2 Å². The van der Waals surface area contributed by atoms with Crippen LogP contribution in [0.5, 0.6) is 0 Å². The van der Waals surface area contributed by atoms with Crippen molar-refractivity contribution in [3.05, 3.63) is 101 Å². The number of para-hydroxylation sites is 1. The smallest absolute Gasteiger partial charge is 0.259 e. The van der Waals surface area contributed by atoms with Crippen molar-refractivity contribution in [3.63, 3.8) is 0 Å². The fourth-order valence-electron chi connectivity index (χ4n) is 4.50. The molecule has 4 aromatic rings. The van der Waals surface area contributed by atoms with Gasteiger partial charge in [0.25, 0.3) is 5.91 Å². The minimum Gasteiger partial charge on any atom is -0.350 e. The summed E-state index contributed by atoms with van der Waals surface area (Å²) in [6, 6.07) is 24.7. The van der Waals surface area contributed by atoms with Gasteiger partial charge >= 0.3 is 0 Å². The van der Waals surface area contributed by atoms with Crippen molar-refractivity contribution < 1.29 is 4.79 Å². The number of aromatic nitrogens is 1. The van der Waals surface area contributed by atoms with E-state index >= 15 is 0 Å². The number of benzene rings is 3. The van der Waals surface area contributed by atoms with Crippen LogP contribution in [0.3, 0.4) is 0 Å². The molecular weight excluding hydrogens is 356 g/mol. The number of aryl methyl sites for hydroxylation is 1. The molecule has 2 heterocycles. The van der Waals surface area contributed by atoms with Gasteiger partial charge < -0.3 is 4.57 Å². The molecule has 0 fully saturated rings. The van der Waals surface area contributed by atoms with Crippen LogP contribution in [-0.2, 0) is 7.05 Å². The first-order valence-electron chi connectivity index (χ1n) is 10.1. The molecule has 0 bridgehead atoms. The van der Waals surface area contributed by atoms with E-state index in [0.29, 0.717) is 5.92 Å². The van der Waals surface area contributed by atoms with Crippen LogP contribution < -0.4 is 4.90 Å². The van der Waals surface area contributed by atoms with Crippen LogP contribution >= 0.6 is 0 Å². The van der Waals surface area contributed by atoms with E-state index in [0.717, 1.165) is 22.4 Å². The molecular formula is C26H24N2O. The largest absolute Gasteiger partial charge is 0.350 e. The highest BCUT2D eigenvalue weighted by Gasteiger charge is 2.39. The molecule has 0 radical (unpaired) electrons. The van der Waals surface area contributed by atoms with Crippen molar-refractivity contribution in [2.24, 2.45) is 7.05 Å². The van der Waals surface area contributed by atoms with Crippen molar-refractivity contribution in [1.82, 2.24) is 4.57 Å². The van der Waals surface area contributed by atoms with Crippen LogP contribution in [0.2, 0.25) is 0 Å². The predicted octanol–water partition coefficient (Wildman–Crippen LogP) is 6.05. The van der Waals surface area contributed by atoms with Gasteiger partial charge in [-0.15, -0.1) is 0 Å². The summed E-state index contributed by atoms with van der Waals surface area (Å²) in [5, 5.41) is 1.19. The number of carbonyl (C=O) groups excluding carboxylic acids is 1. The summed E-state index contributed by atoms with van der Waals surface area (Å²) in [5.74, 6) is 0.528. The zero-order valence-corrected chi connectivity index (χ0v) is 17.0. The monoisotopic (exact) mass is 380 g/mol. The number of nitrogens with zero attached hydrogens (tertiary/aromatic N) is 2. The number of fused-ring (bicyclic) bond motifs is 2. The third kappa shape index (κ3) is 2.69. The molecule has 29 heavy (non-hydrogen) atoms. The average Bonchev–Trinajstić information content (AvgIpc) is 3.23. The van der Waals surface area contributed by atoms with Gasteiger partial charge in [0.15, 0.2) is 0 Å². The van der Waals surface area contributed by atoms with Gasteiger partial charge in [0.2, 0.25) is 0 Å². The lowest BCUT2D eigenvalue weighted by Gasteiger charge is -2.26. The fraction of sp³-hybridized carbons (Fsp3) is 0.192. The standard InChI is InChI=1S/C26H24N2O/c1-17(2)18-12-14-19(15-13-18)28-25(21-9-4-5-10-22(21)26(28)29)23-16-27(3)24-11-7-6-8-20(23)24/h4-17,25H,1-3H3. The average molecular weight is 380 g/mol. The van der Waals surface area contributed by atoms with Gasteiger partial charge in [-0.25, -0.2) is 0 Å². The maximum Gasteiger partial charge on any atom is 0.259 e. The second kappa shape index (κ2) is 6.63. The molecule has 1 aliphatic rings. The molecule has 1 unspecified atom stereocenters. The minimum absolute atomic E-state index is 0.0656.